The maximum atomic E-state index is 12.3. The number of carboxylic acid groups (broad SMARTS) is 2. The van der Waals surface area contributed by atoms with Crippen molar-refractivity contribution in [2.75, 3.05) is 44.6 Å². The number of nitrogens with one attached hydrogen (secondary N) is 1. The minimum absolute atomic E-state index is 0.0289. The van der Waals surface area contributed by atoms with E-state index >= 15 is 0 Å². The van der Waals surface area contributed by atoms with Gasteiger partial charge in [0, 0.05) is 11.7 Å². The number of esters is 2. The summed E-state index contributed by atoms with van der Waals surface area (Å²) < 4.78 is 32.4. The van der Waals surface area contributed by atoms with Gasteiger partial charge in [-0.25, -0.2) is 27.6 Å². The van der Waals surface area contributed by atoms with E-state index in [2.05, 4.69) is 14.8 Å². The Morgan fingerprint density at radius 2 is 1.48 bits per heavy atom. The number of aliphatic carboxylic acids is 2. The molecule has 0 aromatic heterocycles. The first-order chi connectivity index (χ1) is 15.3. The Balaban J connectivity index is 0.000000801. The van der Waals surface area contributed by atoms with E-state index in [0.29, 0.717) is 6.42 Å². The predicted molar refractivity (Wildman–Crippen MR) is 113 cm³/mol. The highest BCUT2D eigenvalue weighted by molar-refractivity contribution is 7.91. The predicted octanol–water partition coefficient (Wildman–Crippen LogP) is -0.527. The molecule has 1 unspecified atom stereocenters. The Morgan fingerprint density at radius 1 is 1.00 bits per heavy atom. The van der Waals surface area contributed by atoms with E-state index in [9.17, 15) is 22.8 Å². The standard InChI is InChI=1S/C17H22N2O7S.C2H2O4/c1-19(14-4-5-27(23,24)10-14)9-15(20)18-13-7-11(16(21)25-2)6-12(8-13)17(22)26-3;3-1(4)2(5)6/h6-8,14H,4-5,9-10H2,1-3H3,(H,18,20);(H,3,4)(H,5,6). The van der Waals surface area contributed by atoms with Gasteiger partial charge >= 0.3 is 23.9 Å². The number of sulfone groups is 1. The van der Waals surface area contributed by atoms with Crippen molar-refractivity contribution in [1.29, 1.82) is 0 Å². The van der Waals surface area contributed by atoms with Gasteiger partial charge in [-0.1, -0.05) is 0 Å². The van der Waals surface area contributed by atoms with Gasteiger partial charge in [-0.05, 0) is 31.7 Å². The summed E-state index contributed by atoms with van der Waals surface area (Å²) in [5, 5.41) is 17.4. The lowest BCUT2D eigenvalue weighted by Gasteiger charge is -2.22. The van der Waals surface area contributed by atoms with Crippen molar-refractivity contribution in [1.82, 2.24) is 4.90 Å². The molecule has 1 atom stereocenters. The molecule has 14 heteroatoms. The molecule has 3 N–H and O–H groups in total. The molecule has 1 aliphatic rings. The normalized spacial score (nSPS) is 16.2. The number of benzene rings is 1. The zero-order valence-electron chi connectivity index (χ0n) is 18.1. The highest BCUT2D eigenvalue weighted by atomic mass is 32.2. The Morgan fingerprint density at radius 3 is 1.85 bits per heavy atom. The van der Waals surface area contributed by atoms with E-state index in [1.54, 1.807) is 11.9 Å². The number of carbonyl (C=O) groups is 5. The van der Waals surface area contributed by atoms with Crippen LogP contribution in [0.2, 0.25) is 0 Å². The lowest BCUT2D eigenvalue weighted by molar-refractivity contribution is -0.159. The molecule has 0 bridgehead atoms. The second-order valence-corrected chi connectivity index (χ2v) is 9.14. The highest BCUT2D eigenvalue weighted by Gasteiger charge is 2.31. The number of likely N-dealkylation sites (N-methyl/N-ethyl adjacent to an activating group) is 1. The number of anilines is 1. The number of hydrogen-bond donors (Lipinski definition) is 3. The number of methoxy groups -OCH3 is 2. The molecule has 0 radical (unpaired) electrons. The molecule has 1 saturated heterocycles. The van der Waals surface area contributed by atoms with Crippen LogP contribution in [0, 0.1) is 0 Å². The third-order valence-corrected chi connectivity index (χ3v) is 6.22. The number of amides is 1. The van der Waals surface area contributed by atoms with E-state index in [1.807, 2.05) is 0 Å². The smallest absolute Gasteiger partial charge is 0.414 e. The Kier molecular flexibility index (Phi) is 9.94. The average Bonchev–Trinajstić information content (AvgIpc) is 3.12. The molecule has 1 aliphatic heterocycles. The van der Waals surface area contributed by atoms with Gasteiger partial charge in [-0.3, -0.25) is 9.69 Å². The molecule has 1 fully saturated rings. The lowest BCUT2D eigenvalue weighted by atomic mass is 10.1. The molecule has 33 heavy (non-hydrogen) atoms. The molecule has 0 saturated carbocycles. The third-order valence-electron chi connectivity index (χ3n) is 4.47. The van der Waals surface area contributed by atoms with E-state index in [-0.39, 0.29) is 40.9 Å². The molecule has 182 valence electrons. The number of ether oxygens (including phenoxy) is 2. The molecular formula is C19H24N2O11S. The molecule has 0 spiro atoms. The molecular weight excluding hydrogens is 464 g/mol. The average molecular weight is 488 g/mol. The lowest BCUT2D eigenvalue weighted by Crippen LogP contribution is -2.38. The van der Waals surface area contributed by atoms with E-state index < -0.39 is 39.6 Å². The second kappa shape index (κ2) is 11.9. The van der Waals surface area contributed by atoms with Crippen LogP contribution in [-0.2, 0) is 33.7 Å². The van der Waals surface area contributed by atoms with E-state index in [1.165, 1.54) is 32.4 Å². The number of carboxylic acids is 2. The topological polar surface area (TPSA) is 194 Å². The Hall–Kier alpha value is -3.52. The summed E-state index contributed by atoms with van der Waals surface area (Å²) in [4.78, 5) is 55.7. The number of hydrogen-bond acceptors (Lipinski definition) is 10. The second-order valence-electron chi connectivity index (χ2n) is 6.91. The van der Waals surface area contributed by atoms with Crippen LogP contribution in [0.4, 0.5) is 5.69 Å². The number of carbonyl (C=O) groups excluding carboxylic acids is 3. The first kappa shape index (κ1) is 27.5. The van der Waals surface area contributed by atoms with Gasteiger partial charge in [0.1, 0.15) is 0 Å². The Bertz CT molecular complexity index is 990. The third kappa shape index (κ3) is 8.86. The molecule has 1 aromatic rings. The SMILES string of the molecule is COC(=O)c1cc(NC(=O)CN(C)C2CCS(=O)(=O)C2)cc(C(=O)OC)c1.O=C(O)C(=O)O. The largest absolute Gasteiger partial charge is 0.473 e. The van der Waals surface area contributed by atoms with Crippen molar-refractivity contribution in [3.8, 4) is 0 Å². The van der Waals surface area contributed by atoms with Crippen LogP contribution in [0.25, 0.3) is 0 Å². The van der Waals surface area contributed by atoms with Crippen molar-refractivity contribution in [3.63, 3.8) is 0 Å². The maximum Gasteiger partial charge on any atom is 0.414 e. The van der Waals surface area contributed by atoms with Crippen LogP contribution < -0.4 is 5.32 Å². The van der Waals surface area contributed by atoms with E-state index in [4.69, 9.17) is 19.8 Å². The minimum atomic E-state index is -3.05. The zero-order valence-corrected chi connectivity index (χ0v) is 18.9. The van der Waals surface area contributed by atoms with Crippen LogP contribution in [0.3, 0.4) is 0 Å². The molecule has 0 aliphatic carbocycles. The van der Waals surface area contributed by atoms with Crippen LogP contribution >= 0.6 is 0 Å². The molecule has 1 aromatic carbocycles. The number of rotatable bonds is 6. The summed E-state index contributed by atoms with van der Waals surface area (Å²) in [6, 6.07) is 3.86. The maximum absolute atomic E-state index is 12.3. The van der Waals surface area contributed by atoms with Crippen LogP contribution in [0.5, 0.6) is 0 Å². The van der Waals surface area contributed by atoms with Gasteiger partial charge < -0.3 is 25.0 Å². The minimum Gasteiger partial charge on any atom is -0.473 e. The van der Waals surface area contributed by atoms with Gasteiger partial charge in [0.2, 0.25) is 5.91 Å². The van der Waals surface area contributed by atoms with Gasteiger partial charge in [-0.15, -0.1) is 0 Å². The fourth-order valence-corrected chi connectivity index (χ4v) is 4.66. The van der Waals surface area contributed by atoms with Crippen molar-refractivity contribution in [2.24, 2.45) is 0 Å². The molecule has 1 heterocycles. The molecule has 1 amide bonds. The molecule has 2 rings (SSSR count). The van der Waals surface area contributed by atoms with Gasteiger partial charge in [0.25, 0.3) is 0 Å². The quantitative estimate of drug-likeness (QED) is 0.343. The van der Waals surface area contributed by atoms with Crippen molar-refractivity contribution in [2.45, 2.75) is 12.5 Å². The zero-order chi connectivity index (χ0) is 25.3. The van der Waals surface area contributed by atoms with Gasteiger partial charge in [0.05, 0.1) is 43.4 Å². The molecule has 13 nitrogen and oxygen atoms in total. The van der Waals surface area contributed by atoms with Crippen LogP contribution in [0.15, 0.2) is 18.2 Å². The van der Waals surface area contributed by atoms with Crippen molar-refractivity contribution in [3.05, 3.63) is 29.3 Å². The number of nitrogens with zero attached hydrogens (tertiary/aromatic N) is 1. The summed E-state index contributed by atoms with van der Waals surface area (Å²) in [6.07, 6.45) is 0.483. The van der Waals surface area contributed by atoms with Gasteiger partial charge in [0.15, 0.2) is 9.84 Å². The first-order valence-electron chi connectivity index (χ1n) is 9.28. The van der Waals surface area contributed by atoms with E-state index in [0.717, 1.165) is 0 Å². The summed E-state index contributed by atoms with van der Waals surface area (Å²) in [5.74, 6) is -5.23. The van der Waals surface area contributed by atoms with Crippen LogP contribution in [-0.4, -0.2) is 98.7 Å². The first-order valence-corrected chi connectivity index (χ1v) is 11.1. The fourth-order valence-electron chi connectivity index (χ4n) is 2.85. The van der Waals surface area contributed by atoms with Crippen LogP contribution in [0.1, 0.15) is 27.1 Å². The summed E-state index contributed by atoms with van der Waals surface area (Å²) in [7, 11) is 1.04. The van der Waals surface area contributed by atoms with Crippen molar-refractivity contribution < 1.29 is 52.1 Å². The van der Waals surface area contributed by atoms with Gasteiger partial charge in [-0.2, -0.15) is 0 Å². The fraction of sp³-hybridized carbons (Fsp3) is 0.421. The Labute approximate surface area is 189 Å². The van der Waals surface area contributed by atoms with Crippen molar-refractivity contribution >= 4 is 45.3 Å². The summed E-state index contributed by atoms with van der Waals surface area (Å²) in [5.41, 5.74) is 0.410. The summed E-state index contributed by atoms with van der Waals surface area (Å²) >= 11 is 0. The highest BCUT2D eigenvalue weighted by Crippen LogP contribution is 2.19. The monoisotopic (exact) mass is 488 g/mol. The summed E-state index contributed by atoms with van der Waals surface area (Å²) in [6.45, 7) is -0.0316.